The van der Waals surface area contributed by atoms with E-state index in [4.69, 9.17) is 4.74 Å². The maximum absolute atomic E-state index is 5.53. The van der Waals surface area contributed by atoms with Crippen molar-refractivity contribution < 1.29 is 4.74 Å². The van der Waals surface area contributed by atoms with E-state index in [1.807, 2.05) is 0 Å². The molecule has 0 aromatic rings. The normalized spacial score (nSPS) is 28.5. The van der Waals surface area contributed by atoms with Gasteiger partial charge in [0.2, 0.25) is 0 Å². The highest BCUT2D eigenvalue weighted by atomic mass is 16.5. The van der Waals surface area contributed by atoms with Gasteiger partial charge in [-0.3, -0.25) is 4.90 Å². The van der Waals surface area contributed by atoms with Crippen LogP contribution in [0.15, 0.2) is 0 Å². The number of nitrogens with one attached hydrogen (secondary N) is 1. The molecular formula is C13H26N2O. The van der Waals surface area contributed by atoms with Crippen LogP contribution in [0.1, 0.15) is 27.7 Å². The van der Waals surface area contributed by atoms with Gasteiger partial charge in [0.15, 0.2) is 0 Å². The summed E-state index contributed by atoms with van der Waals surface area (Å²) in [5.74, 6) is 0. The van der Waals surface area contributed by atoms with Crippen LogP contribution in [0.2, 0.25) is 0 Å². The predicted octanol–water partition coefficient (Wildman–Crippen LogP) is 1.34. The Morgan fingerprint density at radius 2 is 1.75 bits per heavy atom. The van der Waals surface area contributed by atoms with E-state index in [-0.39, 0.29) is 0 Å². The van der Waals surface area contributed by atoms with Crippen LogP contribution >= 0.6 is 0 Å². The lowest BCUT2D eigenvalue weighted by molar-refractivity contribution is -0.205. The zero-order valence-corrected chi connectivity index (χ0v) is 11.2. The maximum atomic E-state index is 5.53. The van der Waals surface area contributed by atoms with E-state index in [1.165, 1.54) is 13.1 Å². The van der Waals surface area contributed by atoms with Crippen molar-refractivity contribution in [2.24, 2.45) is 10.8 Å². The minimum atomic E-state index is 0.329. The number of hydrogen-bond acceptors (Lipinski definition) is 3. The van der Waals surface area contributed by atoms with Crippen LogP contribution in [0, 0.1) is 10.8 Å². The molecule has 2 aliphatic heterocycles. The summed E-state index contributed by atoms with van der Waals surface area (Å²) < 4.78 is 5.53. The van der Waals surface area contributed by atoms with Crippen molar-refractivity contribution in [3.63, 3.8) is 0 Å². The van der Waals surface area contributed by atoms with Crippen LogP contribution in [0.5, 0.6) is 0 Å². The summed E-state index contributed by atoms with van der Waals surface area (Å²) >= 11 is 0. The molecule has 0 spiro atoms. The first-order chi connectivity index (χ1) is 7.47. The third-order valence-corrected chi connectivity index (χ3v) is 4.71. The summed E-state index contributed by atoms with van der Waals surface area (Å²) in [7, 11) is 0. The molecule has 94 valence electrons. The molecule has 0 aromatic carbocycles. The Labute approximate surface area is 99.5 Å². The topological polar surface area (TPSA) is 24.5 Å². The number of nitrogens with zero attached hydrogens (tertiary/aromatic N) is 1. The van der Waals surface area contributed by atoms with Gasteiger partial charge in [-0.15, -0.1) is 0 Å². The van der Waals surface area contributed by atoms with E-state index < -0.39 is 0 Å². The average Bonchev–Trinajstić information content (AvgIpc) is 2.15. The molecule has 1 unspecified atom stereocenters. The SMILES string of the molecule is CC(N1CCNCC1)C1(C(C)(C)C)COC1. The first-order valence-electron chi connectivity index (χ1n) is 6.50. The fourth-order valence-corrected chi connectivity index (χ4v) is 3.04. The third kappa shape index (κ3) is 1.89. The fraction of sp³-hybridized carbons (Fsp3) is 1.00. The van der Waals surface area contributed by atoms with E-state index >= 15 is 0 Å². The summed E-state index contributed by atoms with van der Waals surface area (Å²) in [6, 6.07) is 0.628. The smallest absolute Gasteiger partial charge is 0.0564 e. The minimum absolute atomic E-state index is 0.329. The Balaban J connectivity index is 2.08. The molecule has 2 aliphatic rings. The lowest BCUT2D eigenvalue weighted by Crippen LogP contribution is -2.65. The second-order valence-corrected chi connectivity index (χ2v) is 6.36. The third-order valence-electron chi connectivity index (χ3n) is 4.71. The second-order valence-electron chi connectivity index (χ2n) is 6.36. The Bertz CT molecular complexity index is 237. The highest BCUT2D eigenvalue weighted by molar-refractivity contribution is 5.03. The zero-order valence-electron chi connectivity index (χ0n) is 11.2. The number of ether oxygens (including phenoxy) is 1. The molecule has 0 saturated carbocycles. The van der Waals surface area contributed by atoms with E-state index in [0.717, 1.165) is 26.3 Å². The molecule has 2 rings (SSSR count). The van der Waals surface area contributed by atoms with Crippen molar-refractivity contribution >= 4 is 0 Å². The number of piperazine rings is 1. The second kappa shape index (κ2) is 4.28. The van der Waals surface area contributed by atoms with Crippen molar-refractivity contribution in [3.05, 3.63) is 0 Å². The summed E-state index contributed by atoms with van der Waals surface area (Å²) in [6.07, 6.45) is 0. The molecule has 0 aliphatic carbocycles. The molecule has 2 saturated heterocycles. The summed E-state index contributed by atoms with van der Waals surface area (Å²) in [5, 5.41) is 3.42. The minimum Gasteiger partial charge on any atom is -0.380 e. The van der Waals surface area contributed by atoms with Gasteiger partial charge in [-0.25, -0.2) is 0 Å². The molecule has 0 radical (unpaired) electrons. The van der Waals surface area contributed by atoms with Crippen LogP contribution < -0.4 is 5.32 Å². The van der Waals surface area contributed by atoms with Crippen LogP contribution in [-0.2, 0) is 4.74 Å². The molecule has 3 heteroatoms. The van der Waals surface area contributed by atoms with Gasteiger partial charge >= 0.3 is 0 Å². The molecule has 3 nitrogen and oxygen atoms in total. The van der Waals surface area contributed by atoms with E-state index in [9.17, 15) is 0 Å². The molecule has 0 aromatic heterocycles. The van der Waals surface area contributed by atoms with Gasteiger partial charge in [0.25, 0.3) is 0 Å². The molecular weight excluding hydrogens is 200 g/mol. The highest BCUT2D eigenvalue weighted by Gasteiger charge is 2.53. The molecule has 16 heavy (non-hydrogen) atoms. The monoisotopic (exact) mass is 226 g/mol. The van der Waals surface area contributed by atoms with Crippen molar-refractivity contribution in [3.8, 4) is 0 Å². The van der Waals surface area contributed by atoms with Gasteiger partial charge in [0.05, 0.1) is 13.2 Å². The van der Waals surface area contributed by atoms with Crippen molar-refractivity contribution in [1.29, 1.82) is 0 Å². The lowest BCUT2D eigenvalue weighted by atomic mass is 9.61. The van der Waals surface area contributed by atoms with Gasteiger partial charge in [-0.2, -0.15) is 0 Å². The first kappa shape index (κ1) is 12.3. The van der Waals surface area contributed by atoms with Crippen molar-refractivity contribution in [2.75, 3.05) is 39.4 Å². The highest BCUT2D eigenvalue weighted by Crippen LogP contribution is 2.48. The Morgan fingerprint density at radius 1 is 1.19 bits per heavy atom. The predicted molar refractivity (Wildman–Crippen MR) is 66.6 cm³/mol. The Hall–Kier alpha value is -0.120. The van der Waals surface area contributed by atoms with Gasteiger partial charge in [0.1, 0.15) is 0 Å². The van der Waals surface area contributed by atoms with Gasteiger partial charge < -0.3 is 10.1 Å². The summed E-state index contributed by atoms with van der Waals surface area (Å²) in [5.41, 5.74) is 0.680. The molecule has 1 N–H and O–H groups in total. The molecule has 2 fully saturated rings. The van der Waals surface area contributed by atoms with Crippen molar-refractivity contribution in [2.45, 2.75) is 33.7 Å². The molecule has 2 heterocycles. The number of rotatable bonds is 2. The zero-order chi connectivity index (χ0) is 11.8. The largest absolute Gasteiger partial charge is 0.380 e. The van der Waals surface area contributed by atoms with E-state index in [2.05, 4.69) is 37.9 Å². The van der Waals surface area contributed by atoms with Crippen molar-refractivity contribution in [1.82, 2.24) is 10.2 Å². The van der Waals surface area contributed by atoms with E-state index in [0.29, 0.717) is 16.9 Å². The maximum Gasteiger partial charge on any atom is 0.0564 e. The summed E-state index contributed by atoms with van der Waals surface area (Å²) in [6.45, 7) is 15.9. The Kier molecular flexibility index (Phi) is 3.30. The first-order valence-corrected chi connectivity index (χ1v) is 6.50. The summed E-state index contributed by atoms with van der Waals surface area (Å²) in [4.78, 5) is 2.63. The van der Waals surface area contributed by atoms with Gasteiger partial charge in [-0.1, -0.05) is 20.8 Å². The van der Waals surface area contributed by atoms with Crippen LogP contribution in [0.25, 0.3) is 0 Å². The average molecular weight is 226 g/mol. The lowest BCUT2D eigenvalue weighted by Gasteiger charge is -2.57. The molecule has 0 bridgehead atoms. The Morgan fingerprint density at radius 3 is 2.12 bits per heavy atom. The number of hydrogen-bond donors (Lipinski definition) is 1. The van der Waals surface area contributed by atoms with Crippen LogP contribution in [0.3, 0.4) is 0 Å². The quantitative estimate of drug-likeness (QED) is 0.769. The standard InChI is InChI=1S/C13H26N2O/c1-11(15-7-5-14-6-8-15)13(9-16-10-13)12(2,3)4/h11,14H,5-10H2,1-4H3. The van der Waals surface area contributed by atoms with E-state index in [1.54, 1.807) is 0 Å². The van der Waals surface area contributed by atoms with Crippen LogP contribution in [0.4, 0.5) is 0 Å². The van der Waals surface area contributed by atoms with Gasteiger partial charge in [-0.05, 0) is 12.3 Å². The molecule has 0 amide bonds. The molecule has 1 atom stereocenters. The van der Waals surface area contributed by atoms with Gasteiger partial charge in [0, 0.05) is 37.6 Å². The fourth-order valence-electron chi connectivity index (χ4n) is 3.04. The van der Waals surface area contributed by atoms with Crippen LogP contribution in [-0.4, -0.2) is 50.3 Å².